The van der Waals surface area contributed by atoms with Gasteiger partial charge in [0.2, 0.25) is 10.0 Å². The Labute approximate surface area is 185 Å². The van der Waals surface area contributed by atoms with E-state index >= 15 is 0 Å². The third kappa shape index (κ3) is 5.00. The van der Waals surface area contributed by atoms with Crippen molar-refractivity contribution in [2.24, 2.45) is 0 Å². The van der Waals surface area contributed by atoms with E-state index < -0.39 is 10.0 Å². The molecule has 0 aromatic heterocycles. The van der Waals surface area contributed by atoms with Crippen LogP contribution in [0.15, 0.2) is 53.4 Å². The van der Waals surface area contributed by atoms with Crippen LogP contribution in [0.25, 0.3) is 0 Å². The molecule has 2 aromatic carbocycles. The van der Waals surface area contributed by atoms with Gasteiger partial charge in [0.05, 0.1) is 4.90 Å². The van der Waals surface area contributed by atoms with Crippen LogP contribution in [0.5, 0.6) is 0 Å². The number of aryl methyl sites for hydroxylation is 1. The number of piperazine rings is 1. The van der Waals surface area contributed by atoms with Crippen LogP contribution < -0.4 is 0 Å². The number of piperidine rings is 1. The molecule has 1 amide bonds. The summed E-state index contributed by atoms with van der Waals surface area (Å²) in [7, 11) is -3.55. The molecule has 31 heavy (non-hydrogen) atoms. The molecule has 7 heteroatoms. The summed E-state index contributed by atoms with van der Waals surface area (Å²) in [6.45, 7) is 6.78. The molecule has 2 aliphatic heterocycles. The second-order valence-electron chi connectivity index (χ2n) is 8.50. The predicted molar refractivity (Wildman–Crippen MR) is 121 cm³/mol. The number of nitrogens with zero attached hydrogens (tertiary/aromatic N) is 3. The average molecular weight is 442 g/mol. The van der Waals surface area contributed by atoms with Crippen LogP contribution in [-0.4, -0.2) is 67.7 Å². The molecule has 0 N–H and O–H groups in total. The normalized spacial score (nSPS) is 18.8. The van der Waals surface area contributed by atoms with Crippen LogP contribution in [0.1, 0.15) is 40.7 Å². The maximum Gasteiger partial charge on any atom is 0.254 e. The summed E-state index contributed by atoms with van der Waals surface area (Å²) < 4.78 is 27.7. The van der Waals surface area contributed by atoms with Gasteiger partial charge >= 0.3 is 0 Å². The Bertz CT molecular complexity index is 1010. The van der Waals surface area contributed by atoms with Gasteiger partial charge in [0.1, 0.15) is 0 Å². The van der Waals surface area contributed by atoms with Crippen molar-refractivity contribution in [1.29, 1.82) is 0 Å². The lowest BCUT2D eigenvalue weighted by Gasteiger charge is -2.35. The van der Waals surface area contributed by atoms with Gasteiger partial charge in [-0.2, -0.15) is 4.31 Å². The van der Waals surface area contributed by atoms with Gasteiger partial charge in [0, 0.05) is 51.4 Å². The van der Waals surface area contributed by atoms with E-state index in [1.54, 1.807) is 22.5 Å². The Hall–Kier alpha value is -2.22. The van der Waals surface area contributed by atoms with Crippen molar-refractivity contribution in [3.8, 4) is 0 Å². The second-order valence-corrected chi connectivity index (χ2v) is 10.4. The fourth-order valence-corrected chi connectivity index (χ4v) is 5.91. The SMILES string of the molecule is Cc1ccc(S(=O)(=O)N2CCCCC2)cc1C(=O)N1CCN(Cc2ccccc2)CC1. The van der Waals surface area contributed by atoms with Crippen LogP contribution in [0.4, 0.5) is 0 Å². The molecule has 2 aliphatic rings. The molecule has 0 atom stereocenters. The maximum atomic E-state index is 13.2. The van der Waals surface area contributed by atoms with Crippen molar-refractivity contribution in [1.82, 2.24) is 14.1 Å². The quantitative estimate of drug-likeness (QED) is 0.715. The van der Waals surface area contributed by atoms with Crippen molar-refractivity contribution in [3.05, 3.63) is 65.2 Å². The Morgan fingerprint density at radius 3 is 2.23 bits per heavy atom. The number of sulfonamides is 1. The van der Waals surface area contributed by atoms with Crippen molar-refractivity contribution in [2.45, 2.75) is 37.6 Å². The molecule has 0 radical (unpaired) electrons. The minimum absolute atomic E-state index is 0.0763. The van der Waals surface area contributed by atoms with Crippen molar-refractivity contribution in [2.75, 3.05) is 39.3 Å². The van der Waals surface area contributed by atoms with Crippen LogP contribution in [0, 0.1) is 6.92 Å². The number of hydrogen-bond acceptors (Lipinski definition) is 4. The minimum atomic E-state index is -3.55. The van der Waals surface area contributed by atoms with E-state index in [-0.39, 0.29) is 10.8 Å². The molecule has 2 aromatic rings. The summed E-state index contributed by atoms with van der Waals surface area (Å²) in [5, 5.41) is 0. The van der Waals surface area contributed by atoms with E-state index in [1.165, 1.54) is 5.56 Å². The molecular weight excluding hydrogens is 410 g/mol. The van der Waals surface area contributed by atoms with Crippen molar-refractivity contribution in [3.63, 3.8) is 0 Å². The Morgan fingerprint density at radius 1 is 0.871 bits per heavy atom. The third-order valence-electron chi connectivity index (χ3n) is 6.30. The van der Waals surface area contributed by atoms with Crippen LogP contribution in [0.2, 0.25) is 0 Å². The number of amides is 1. The molecule has 0 bridgehead atoms. The number of carbonyl (C=O) groups is 1. The molecule has 0 spiro atoms. The standard InChI is InChI=1S/C24H31N3O3S/c1-20-10-11-22(31(29,30)27-12-6-3-7-13-27)18-23(20)24(28)26-16-14-25(15-17-26)19-21-8-4-2-5-9-21/h2,4-5,8-11,18H,3,6-7,12-17,19H2,1H3. The van der Waals surface area contributed by atoms with Gasteiger partial charge in [-0.05, 0) is 43.0 Å². The van der Waals surface area contributed by atoms with Gasteiger partial charge in [-0.15, -0.1) is 0 Å². The molecule has 2 saturated heterocycles. The molecule has 2 fully saturated rings. The first-order chi connectivity index (χ1) is 14.9. The fraction of sp³-hybridized carbons (Fsp3) is 0.458. The zero-order chi connectivity index (χ0) is 21.8. The first kappa shape index (κ1) is 22.0. The molecule has 0 aliphatic carbocycles. The maximum absolute atomic E-state index is 13.2. The zero-order valence-electron chi connectivity index (χ0n) is 18.2. The van der Waals surface area contributed by atoms with Crippen molar-refractivity contribution < 1.29 is 13.2 Å². The smallest absolute Gasteiger partial charge is 0.254 e. The topological polar surface area (TPSA) is 60.9 Å². The van der Waals surface area contributed by atoms with Gasteiger partial charge < -0.3 is 4.90 Å². The molecular formula is C24H31N3O3S. The highest BCUT2D eigenvalue weighted by Gasteiger charge is 2.28. The highest BCUT2D eigenvalue weighted by molar-refractivity contribution is 7.89. The number of benzene rings is 2. The van der Waals surface area contributed by atoms with Gasteiger partial charge in [-0.3, -0.25) is 9.69 Å². The summed E-state index contributed by atoms with van der Waals surface area (Å²) in [5.74, 6) is -0.0763. The Balaban J connectivity index is 1.44. The largest absolute Gasteiger partial charge is 0.336 e. The predicted octanol–water partition coefficient (Wildman–Crippen LogP) is 3.13. The lowest BCUT2D eigenvalue weighted by Crippen LogP contribution is -2.48. The number of rotatable bonds is 5. The fourth-order valence-electron chi connectivity index (χ4n) is 4.37. The second kappa shape index (κ2) is 9.51. The van der Waals surface area contributed by atoms with Gasteiger partial charge in [0.15, 0.2) is 0 Å². The summed E-state index contributed by atoms with van der Waals surface area (Å²) >= 11 is 0. The van der Waals surface area contributed by atoms with Gasteiger partial charge in [-0.25, -0.2) is 8.42 Å². The monoisotopic (exact) mass is 441 g/mol. The number of carbonyl (C=O) groups excluding carboxylic acids is 1. The highest BCUT2D eigenvalue weighted by atomic mass is 32.2. The summed E-state index contributed by atoms with van der Waals surface area (Å²) in [6, 6.07) is 15.3. The van der Waals surface area contributed by atoms with Gasteiger partial charge in [-0.1, -0.05) is 42.8 Å². The Kier molecular flexibility index (Phi) is 6.74. The van der Waals surface area contributed by atoms with E-state index in [1.807, 2.05) is 30.0 Å². The molecule has 2 heterocycles. The Morgan fingerprint density at radius 2 is 1.55 bits per heavy atom. The summed E-state index contributed by atoms with van der Waals surface area (Å²) in [4.78, 5) is 17.7. The first-order valence-electron chi connectivity index (χ1n) is 11.1. The molecule has 4 rings (SSSR count). The molecule has 166 valence electrons. The molecule has 0 saturated carbocycles. The lowest BCUT2D eigenvalue weighted by atomic mass is 10.1. The van der Waals surface area contributed by atoms with E-state index in [0.717, 1.165) is 44.5 Å². The van der Waals surface area contributed by atoms with Crippen LogP contribution >= 0.6 is 0 Å². The highest BCUT2D eigenvalue weighted by Crippen LogP contribution is 2.24. The number of hydrogen-bond donors (Lipinski definition) is 0. The van der Waals surface area contributed by atoms with E-state index in [0.29, 0.717) is 31.7 Å². The zero-order valence-corrected chi connectivity index (χ0v) is 19.0. The third-order valence-corrected chi connectivity index (χ3v) is 8.20. The van der Waals surface area contributed by atoms with E-state index in [4.69, 9.17) is 0 Å². The summed E-state index contributed by atoms with van der Waals surface area (Å²) in [6.07, 6.45) is 2.86. The van der Waals surface area contributed by atoms with Crippen molar-refractivity contribution >= 4 is 15.9 Å². The average Bonchev–Trinajstić information content (AvgIpc) is 2.80. The van der Waals surface area contributed by atoms with E-state index in [9.17, 15) is 13.2 Å². The van der Waals surface area contributed by atoms with Crippen LogP contribution in [-0.2, 0) is 16.6 Å². The van der Waals surface area contributed by atoms with Gasteiger partial charge in [0.25, 0.3) is 5.91 Å². The first-order valence-corrected chi connectivity index (χ1v) is 12.6. The molecule has 0 unspecified atom stereocenters. The lowest BCUT2D eigenvalue weighted by molar-refractivity contribution is 0.0627. The molecule has 6 nitrogen and oxygen atoms in total. The van der Waals surface area contributed by atoms with E-state index in [2.05, 4.69) is 17.0 Å². The summed E-state index contributed by atoms with van der Waals surface area (Å²) in [5.41, 5.74) is 2.58. The minimum Gasteiger partial charge on any atom is -0.336 e. The van der Waals surface area contributed by atoms with Crippen LogP contribution in [0.3, 0.4) is 0 Å².